The van der Waals surface area contributed by atoms with Crippen LogP contribution in [0, 0.1) is 5.92 Å². The van der Waals surface area contributed by atoms with E-state index in [0.29, 0.717) is 16.6 Å². The fourth-order valence-electron chi connectivity index (χ4n) is 2.41. The normalized spacial score (nSPS) is 16.5. The fourth-order valence-corrected chi connectivity index (χ4v) is 3.44. The van der Waals surface area contributed by atoms with Crippen LogP contribution in [0.25, 0.3) is 0 Å². The van der Waals surface area contributed by atoms with Crippen LogP contribution < -0.4 is 10.6 Å². The third-order valence-electron chi connectivity index (χ3n) is 3.60. The average Bonchev–Trinajstić information content (AvgIpc) is 2.80. The van der Waals surface area contributed by atoms with Crippen molar-refractivity contribution in [2.75, 3.05) is 57.5 Å². The Kier molecular flexibility index (Phi) is 5.05. The van der Waals surface area contributed by atoms with E-state index in [2.05, 4.69) is 35.7 Å². The smallest absolute Gasteiger partial charge is 0.267 e. The molecule has 0 aliphatic carbocycles. The molecule has 7 heteroatoms. The second-order valence-electron chi connectivity index (χ2n) is 6.08. The van der Waals surface area contributed by atoms with Gasteiger partial charge in [0.05, 0.1) is 0 Å². The van der Waals surface area contributed by atoms with Crippen molar-refractivity contribution in [1.82, 2.24) is 14.8 Å². The molecule has 1 saturated heterocycles. The van der Waals surface area contributed by atoms with E-state index >= 15 is 0 Å². The molecule has 0 saturated carbocycles. The highest BCUT2D eigenvalue weighted by Crippen LogP contribution is 2.29. The largest absolute Gasteiger partial charge is 0.382 e. The number of aromatic nitrogens is 1. The maximum Gasteiger partial charge on any atom is 0.267 e. The van der Waals surface area contributed by atoms with E-state index in [-0.39, 0.29) is 5.91 Å². The van der Waals surface area contributed by atoms with E-state index in [1.54, 1.807) is 4.90 Å². The van der Waals surface area contributed by atoms with Gasteiger partial charge in [0.25, 0.3) is 5.91 Å². The Morgan fingerprint density at radius 2 is 2.00 bits per heavy atom. The van der Waals surface area contributed by atoms with Crippen LogP contribution in [0.5, 0.6) is 0 Å². The van der Waals surface area contributed by atoms with Gasteiger partial charge in [0.2, 0.25) is 0 Å². The van der Waals surface area contributed by atoms with Gasteiger partial charge >= 0.3 is 0 Å². The van der Waals surface area contributed by atoms with Crippen LogP contribution in [-0.4, -0.2) is 67.5 Å². The maximum atomic E-state index is 12.4. The molecule has 0 radical (unpaired) electrons. The monoisotopic (exact) mass is 311 g/mol. The molecule has 21 heavy (non-hydrogen) atoms. The highest BCUT2D eigenvalue weighted by atomic mass is 32.1. The van der Waals surface area contributed by atoms with Gasteiger partial charge in [-0.3, -0.25) is 4.79 Å². The Hall–Kier alpha value is -1.34. The molecule has 0 bridgehead atoms. The number of likely N-dealkylation sites (N-methyl/N-ethyl adjacent to an activating group) is 1. The summed E-state index contributed by atoms with van der Waals surface area (Å²) in [7, 11) is 3.93. The molecule has 1 amide bonds. The number of nitrogen functional groups attached to an aromatic ring is 1. The SMILES string of the molecule is CC(C)CN(C)C(=O)c1sc(N2CCN(C)CC2)nc1N. The van der Waals surface area contributed by atoms with Crippen molar-refractivity contribution in [1.29, 1.82) is 0 Å². The lowest BCUT2D eigenvalue weighted by molar-refractivity contribution is 0.0784. The number of hydrogen-bond acceptors (Lipinski definition) is 6. The molecule has 1 aliphatic rings. The van der Waals surface area contributed by atoms with Gasteiger partial charge in [0.15, 0.2) is 5.13 Å². The predicted octanol–water partition coefficient (Wildman–Crippen LogP) is 1.21. The van der Waals surface area contributed by atoms with Crippen molar-refractivity contribution < 1.29 is 4.79 Å². The second-order valence-corrected chi connectivity index (χ2v) is 7.06. The molecule has 2 N–H and O–H groups in total. The summed E-state index contributed by atoms with van der Waals surface area (Å²) in [5.41, 5.74) is 5.96. The minimum atomic E-state index is -0.0286. The first-order chi connectivity index (χ1) is 9.88. The zero-order chi connectivity index (χ0) is 15.6. The summed E-state index contributed by atoms with van der Waals surface area (Å²) in [5.74, 6) is 0.763. The van der Waals surface area contributed by atoms with Crippen molar-refractivity contribution in [3.8, 4) is 0 Å². The predicted molar refractivity (Wildman–Crippen MR) is 88.0 cm³/mol. The van der Waals surface area contributed by atoms with Crippen LogP contribution in [0.1, 0.15) is 23.5 Å². The molecular formula is C14H25N5OS. The summed E-state index contributed by atoms with van der Waals surface area (Å²) < 4.78 is 0. The molecule has 0 atom stereocenters. The Morgan fingerprint density at radius 1 is 1.38 bits per heavy atom. The first kappa shape index (κ1) is 16.0. The lowest BCUT2D eigenvalue weighted by Gasteiger charge is -2.32. The quantitative estimate of drug-likeness (QED) is 0.905. The third kappa shape index (κ3) is 3.85. The van der Waals surface area contributed by atoms with Gasteiger partial charge in [-0.05, 0) is 13.0 Å². The topological polar surface area (TPSA) is 65.7 Å². The molecular weight excluding hydrogens is 286 g/mol. The van der Waals surface area contributed by atoms with Gasteiger partial charge in [-0.15, -0.1) is 0 Å². The highest BCUT2D eigenvalue weighted by molar-refractivity contribution is 7.18. The number of nitrogens with two attached hydrogens (primary N) is 1. The van der Waals surface area contributed by atoms with Gasteiger partial charge in [-0.2, -0.15) is 0 Å². The molecule has 0 unspecified atom stereocenters. The van der Waals surface area contributed by atoms with E-state index < -0.39 is 0 Å². The summed E-state index contributed by atoms with van der Waals surface area (Å²) in [6, 6.07) is 0. The second kappa shape index (κ2) is 6.62. The minimum absolute atomic E-state index is 0.0286. The van der Waals surface area contributed by atoms with Crippen LogP contribution in [0.4, 0.5) is 10.9 Å². The molecule has 0 spiro atoms. The van der Waals surface area contributed by atoms with Crippen molar-refractivity contribution in [2.24, 2.45) is 5.92 Å². The third-order valence-corrected chi connectivity index (χ3v) is 4.72. The first-order valence-electron chi connectivity index (χ1n) is 7.33. The van der Waals surface area contributed by atoms with E-state index in [1.807, 2.05) is 7.05 Å². The van der Waals surface area contributed by atoms with E-state index in [0.717, 1.165) is 37.9 Å². The van der Waals surface area contributed by atoms with E-state index in [1.165, 1.54) is 11.3 Å². The molecule has 6 nitrogen and oxygen atoms in total. The Balaban J connectivity index is 2.10. The maximum absolute atomic E-state index is 12.4. The van der Waals surface area contributed by atoms with Crippen LogP contribution in [0.3, 0.4) is 0 Å². The highest BCUT2D eigenvalue weighted by Gasteiger charge is 2.24. The summed E-state index contributed by atoms with van der Waals surface area (Å²) in [6.07, 6.45) is 0. The number of rotatable bonds is 4. The standard InChI is InChI=1S/C14H25N5OS/c1-10(2)9-18(4)13(20)11-12(15)16-14(21-11)19-7-5-17(3)6-8-19/h10H,5-9,15H2,1-4H3. The summed E-state index contributed by atoms with van der Waals surface area (Å²) in [6.45, 7) is 8.79. The Bertz CT molecular complexity index is 494. The molecule has 1 aromatic rings. The number of nitrogens with zero attached hydrogens (tertiary/aromatic N) is 4. The first-order valence-corrected chi connectivity index (χ1v) is 8.15. The zero-order valence-corrected chi connectivity index (χ0v) is 14.1. The number of carbonyl (C=O) groups is 1. The number of carbonyl (C=O) groups excluding carboxylic acids is 1. The Labute approximate surface area is 130 Å². The van der Waals surface area contributed by atoms with Crippen LogP contribution in [-0.2, 0) is 0 Å². The van der Waals surface area contributed by atoms with E-state index in [9.17, 15) is 4.79 Å². The van der Waals surface area contributed by atoms with Gasteiger partial charge in [-0.25, -0.2) is 4.98 Å². The van der Waals surface area contributed by atoms with Gasteiger partial charge < -0.3 is 20.4 Å². The molecule has 118 valence electrons. The van der Waals surface area contributed by atoms with Crippen molar-refractivity contribution in [3.05, 3.63) is 4.88 Å². The lowest BCUT2D eigenvalue weighted by Crippen LogP contribution is -2.44. The van der Waals surface area contributed by atoms with Gasteiger partial charge in [-0.1, -0.05) is 25.2 Å². The number of thiazole rings is 1. The number of amides is 1. The average molecular weight is 311 g/mol. The molecule has 1 fully saturated rings. The van der Waals surface area contributed by atoms with Gasteiger partial charge in [0.1, 0.15) is 10.7 Å². The molecule has 2 heterocycles. The zero-order valence-electron chi connectivity index (χ0n) is 13.3. The van der Waals surface area contributed by atoms with Crippen molar-refractivity contribution >= 4 is 28.2 Å². The molecule has 1 aromatic heterocycles. The summed E-state index contributed by atoms with van der Waals surface area (Å²) >= 11 is 1.41. The van der Waals surface area contributed by atoms with Crippen LogP contribution >= 0.6 is 11.3 Å². The van der Waals surface area contributed by atoms with Gasteiger partial charge in [0, 0.05) is 39.8 Å². The van der Waals surface area contributed by atoms with Crippen LogP contribution in [0.15, 0.2) is 0 Å². The minimum Gasteiger partial charge on any atom is -0.382 e. The van der Waals surface area contributed by atoms with Crippen LogP contribution in [0.2, 0.25) is 0 Å². The molecule has 0 aromatic carbocycles. The van der Waals surface area contributed by atoms with E-state index in [4.69, 9.17) is 5.73 Å². The number of hydrogen-bond donors (Lipinski definition) is 1. The summed E-state index contributed by atoms with van der Waals surface area (Å²) in [4.78, 5) is 23.6. The van der Waals surface area contributed by atoms with Crippen molar-refractivity contribution in [2.45, 2.75) is 13.8 Å². The molecule has 2 rings (SSSR count). The molecule has 1 aliphatic heterocycles. The Morgan fingerprint density at radius 3 is 2.57 bits per heavy atom. The van der Waals surface area contributed by atoms with Crippen molar-refractivity contribution in [3.63, 3.8) is 0 Å². The summed E-state index contributed by atoms with van der Waals surface area (Å²) in [5, 5.41) is 0.863. The fraction of sp³-hybridized carbons (Fsp3) is 0.714. The number of piperazine rings is 1. The number of anilines is 2. The lowest BCUT2D eigenvalue weighted by atomic mass is 10.2.